The zero-order valence-corrected chi connectivity index (χ0v) is 18.5. The number of hydrogen-bond acceptors (Lipinski definition) is 6. The van der Waals surface area contributed by atoms with Gasteiger partial charge in [-0.05, 0) is 62.2 Å². The number of fused-ring (bicyclic) bond motifs is 1. The van der Waals surface area contributed by atoms with Crippen molar-refractivity contribution in [3.8, 4) is 5.75 Å². The van der Waals surface area contributed by atoms with Gasteiger partial charge in [0.2, 0.25) is 0 Å². The smallest absolute Gasteiger partial charge is 0.341 e. The lowest BCUT2D eigenvalue weighted by Crippen LogP contribution is -2.48. The van der Waals surface area contributed by atoms with Crippen molar-refractivity contribution in [1.29, 1.82) is 0 Å². The van der Waals surface area contributed by atoms with Crippen molar-refractivity contribution < 1.29 is 23.5 Å². The maximum absolute atomic E-state index is 13.1. The topological polar surface area (TPSA) is 88.7 Å². The Morgan fingerprint density at radius 2 is 2.07 bits per heavy atom. The normalized spacial score (nSPS) is 13.2. The van der Waals surface area contributed by atoms with Gasteiger partial charge in [0.05, 0.1) is 17.7 Å². The van der Waals surface area contributed by atoms with Gasteiger partial charge in [-0.1, -0.05) is 11.6 Å². The highest BCUT2D eigenvalue weighted by atomic mass is 35.5. The predicted molar refractivity (Wildman–Crippen MR) is 117 cm³/mol. The number of nitrogens with one attached hydrogen (secondary N) is 3. The largest absolute Gasteiger partial charge is 0.479 e. The molecule has 2 aromatic rings. The molecule has 1 atom stereocenters. The van der Waals surface area contributed by atoms with E-state index in [1.54, 1.807) is 0 Å². The van der Waals surface area contributed by atoms with Gasteiger partial charge < -0.3 is 14.8 Å². The summed E-state index contributed by atoms with van der Waals surface area (Å²) in [5, 5.41) is 3.66. The van der Waals surface area contributed by atoms with Gasteiger partial charge >= 0.3 is 5.97 Å². The van der Waals surface area contributed by atoms with E-state index in [4.69, 9.17) is 33.3 Å². The number of halogens is 2. The van der Waals surface area contributed by atoms with Crippen LogP contribution in [0.25, 0.3) is 0 Å². The molecule has 1 amide bonds. The van der Waals surface area contributed by atoms with Crippen molar-refractivity contribution in [3.63, 3.8) is 0 Å². The lowest BCUT2D eigenvalue weighted by Gasteiger charge is -2.17. The van der Waals surface area contributed by atoms with Crippen molar-refractivity contribution in [3.05, 3.63) is 45.0 Å². The van der Waals surface area contributed by atoms with E-state index in [0.717, 1.165) is 35.8 Å². The highest BCUT2D eigenvalue weighted by molar-refractivity contribution is 7.80. The summed E-state index contributed by atoms with van der Waals surface area (Å²) in [6, 6.07) is 3.61. The van der Waals surface area contributed by atoms with Crippen LogP contribution in [0.4, 0.5) is 9.39 Å². The van der Waals surface area contributed by atoms with E-state index in [1.165, 1.54) is 37.5 Å². The number of amides is 1. The van der Waals surface area contributed by atoms with E-state index in [-0.39, 0.29) is 15.9 Å². The molecule has 3 N–H and O–H groups in total. The Labute approximate surface area is 186 Å². The second-order valence-corrected chi connectivity index (χ2v) is 8.38. The average Bonchev–Trinajstić information content (AvgIpc) is 3.28. The number of aryl methyl sites for hydroxylation is 1. The first-order valence-electron chi connectivity index (χ1n) is 9.01. The molecule has 1 aromatic heterocycles. The summed E-state index contributed by atoms with van der Waals surface area (Å²) in [6.07, 6.45) is 1.79. The minimum Gasteiger partial charge on any atom is -0.479 e. The number of hydrazine groups is 1. The molecule has 0 saturated heterocycles. The summed E-state index contributed by atoms with van der Waals surface area (Å²) < 4.78 is 23.4. The Hall–Kier alpha value is -2.43. The molecule has 11 heteroatoms. The van der Waals surface area contributed by atoms with Gasteiger partial charge in [0.15, 0.2) is 11.2 Å². The summed E-state index contributed by atoms with van der Waals surface area (Å²) in [5.41, 5.74) is 6.46. The number of benzene rings is 1. The standard InChI is InChI=1S/C19H19ClFN3O4S2/c1-9(28-13-7-6-10(21)8-12(13)20)16(25)23-24-19(29)22-17-15(18(26)27-2)11-4-3-5-14(11)30-17/h6-9H,3-5H2,1-2H3,(H,23,25)(H2,22,24,29)/t9-/m0/s1. The zero-order chi connectivity index (χ0) is 21.8. The fourth-order valence-corrected chi connectivity index (χ4v) is 4.69. The number of thiophene rings is 1. The molecule has 0 saturated carbocycles. The Morgan fingerprint density at radius 1 is 1.30 bits per heavy atom. The third-order valence-corrected chi connectivity index (χ3v) is 6.11. The SMILES string of the molecule is COC(=O)c1c(NC(=S)NNC(=O)[C@H](C)Oc2ccc(F)cc2Cl)sc2c1CCC2. The highest BCUT2D eigenvalue weighted by Gasteiger charge is 2.27. The van der Waals surface area contributed by atoms with Crippen LogP contribution in [0.2, 0.25) is 5.02 Å². The third-order valence-electron chi connectivity index (χ3n) is 4.40. The van der Waals surface area contributed by atoms with Crippen LogP contribution < -0.4 is 20.9 Å². The lowest BCUT2D eigenvalue weighted by atomic mass is 10.1. The molecule has 1 aliphatic carbocycles. The fourth-order valence-electron chi connectivity index (χ4n) is 2.98. The van der Waals surface area contributed by atoms with Crippen molar-refractivity contribution in [2.45, 2.75) is 32.3 Å². The number of carbonyl (C=O) groups is 2. The second kappa shape index (κ2) is 9.59. The second-order valence-electron chi connectivity index (χ2n) is 6.46. The van der Waals surface area contributed by atoms with Crippen LogP contribution in [-0.4, -0.2) is 30.2 Å². The van der Waals surface area contributed by atoms with Crippen LogP contribution in [-0.2, 0) is 22.4 Å². The van der Waals surface area contributed by atoms with Gasteiger partial charge in [-0.2, -0.15) is 0 Å². The molecule has 1 heterocycles. The molecule has 3 rings (SSSR count). The maximum atomic E-state index is 13.1. The minimum atomic E-state index is -0.931. The number of methoxy groups -OCH3 is 1. The molecular formula is C19H19ClFN3O4S2. The molecule has 0 unspecified atom stereocenters. The number of carbonyl (C=O) groups excluding carboxylic acids is 2. The number of esters is 1. The summed E-state index contributed by atoms with van der Waals surface area (Å²) >= 11 is 12.6. The van der Waals surface area contributed by atoms with Gasteiger partial charge in [-0.25, -0.2) is 9.18 Å². The molecule has 1 aliphatic rings. The van der Waals surface area contributed by atoms with E-state index < -0.39 is 23.8 Å². The van der Waals surface area contributed by atoms with Crippen LogP contribution in [0.5, 0.6) is 5.75 Å². The van der Waals surface area contributed by atoms with Gasteiger partial charge in [-0.3, -0.25) is 15.6 Å². The van der Waals surface area contributed by atoms with E-state index in [2.05, 4.69) is 16.2 Å². The monoisotopic (exact) mass is 471 g/mol. The van der Waals surface area contributed by atoms with Crippen molar-refractivity contribution in [1.82, 2.24) is 10.9 Å². The van der Waals surface area contributed by atoms with Crippen molar-refractivity contribution in [2.75, 3.05) is 12.4 Å². The van der Waals surface area contributed by atoms with E-state index in [0.29, 0.717) is 10.6 Å². The van der Waals surface area contributed by atoms with Crippen molar-refractivity contribution in [2.24, 2.45) is 0 Å². The molecule has 1 aromatic carbocycles. The number of anilines is 1. The Morgan fingerprint density at radius 3 is 2.77 bits per heavy atom. The van der Waals surface area contributed by atoms with E-state index in [9.17, 15) is 14.0 Å². The van der Waals surface area contributed by atoms with E-state index >= 15 is 0 Å². The number of rotatable bonds is 5. The summed E-state index contributed by atoms with van der Waals surface area (Å²) in [4.78, 5) is 25.5. The fraction of sp³-hybridized carbons (Fsp3) is 0.316. The number of ether oxygens (including phenoxy) is 2. The average molecular weight is 472 g/mol. The molecule has 0 fully saturated rings. The lowest BCUT2D eigenvalue weighted by molar-refractivity contribution is -0.127. The molecule has 160 valence electrons. The van der Waals surface area contributed by atoms with Crippen LogP contribution in [0.1, 0.15) is 34.1 Å². The van der Waals surface area contributed by atoms with Crippen molar-refractivity contribution >= 4 is 57.1 Å². The Balaban J connectivity index is 1.57. The molecule has 7 nitrogen and oxygen atoms in total. The van der Waals surface area contributed by atoms with Crippen LogP contribution in [0.15, 0.2) is 18.2 Å². The first-order valence-corrected chi connectivity index (χ1v) is 10.6. The number of hydrogen-bond donors (Lipinski definition) is 3. The third kappa shape index (κ3) is 5.00. The van der Waals surface area contributed by atoms with Gasteiger partial charge in [0, 0.05) is 4.88 Å². The predicted octanol–water partition coefficient (Wildman–Crippen LogP) is 3.60. The Bertz CT molecular complexity index is 998. The zero-order valence-electron chi connectivity index (χ0n) is 16.1. The van der Waals surface area contributed by atoms with Crippen LogP contribution in [0, 0.1) is 5.82 Å². The van der Waals surface area contributed by atoms with Gasteiger partial charge in [-0.15, -0.1) is 11.3 Å². The summed E-state index contributed by atoms with van der Waals surface area (Å²) in [7, 11) is 1.33. The summed E-state index contributed by atoms with van der Waals surface area (Å²) in [6.45, 7) is 1.51. The molecule has 0 aliphatic heterocycles. The first kappa shape index (κ1) is 22.3. The molecule has 30 heavy (non-hydrogen) atoms. The highest BCUT2D eigenvalue weighted by Crippen LogP contribution is 2.39. The van der Waals surface area contributed by atoms with Gasteiger partial charge in [0.1, 0.15) is 16.6 Å². The van der Waals surface area contributed by atoms with Crippen LogP contribution in [0.3, 0.4) is 0 Å². The van der Waals surface area contributed by atoms with Crippen LogP contribution >= 0.6 is 35.2 Å². The summed E-state index contributed by atoms with van der Waals surface area (Å²) in [5.74, 6) is -1.28. The van der Waals surface area contributed by atoms with E-state index in [1.807, 2.05) is 0 Å². The molecule has 0 bridgehead atoms. The van der Waals surface area contributed by atoms with Gasteiger partial charge in [0.25, 0.3) is 5.91 Å². The molecule has 0 spiro atoms. The quantitative estimate of drug-likeness (QED) is 0.349. The molecular weight excluding hydrogens is 453 g/mol. The Kier molecular flexibility index (Phi) is 7.11. The maximum Gasteiger partial charge on any atom is 0.341 e. The molecule has 0 radical (unpaired) electrons. The minimum absolute atomic E-state index is 0.0564. The first-order chi connectivity index (χ1) is 14.3. The number of thiocarbonyl (C=S) groups is 1.